The first kappa shape index (κ1) is 13.5. The third kappa shape index (κ3) is 4.04. The van der Waals surface area contributed by atoms with Crippen molar-refractivity contribution in [3.63, 3.8) is 0 Å². The van der Waals surface area contributed by atoms with Crippen molar-refractivity contribution in [3.8, 4) is 0 Å². The lowest BCUT2D eigenvalue weighted by Crippen LogP contribution is -2.12. The molecule has 0 aliphatic carbocycles. The number of carboxylic acids is 1. The van der Waals surface area contributed by atoms with Crippen molar-refractivity contribution in [1.29, 1.82) is 0 Å². The Labute approximate surface area is 102 Å². The number of hydrogen-bond acceptors (Lipinski definition) is 2. The van der Waals surface area contributed by atoms with Gasteiger partial charge in [-0.2, -0.15) is 0 Å². The summed E-state index contributed by atoms with van der Waals surface area (Å²) in [4.78, 5) is 10.4. The highest BCUT2D eigenvalue weighted by atomic mass is 16.4. The van der Waals surface area contributed by atoms with Crippen molar-refractivity contribution < 1.29 is 9.90 Å². The SMILES string of the molecule is CC(C)(C)c1ccc(C(N)/C=C/C(=O)O)cc1. The molecule has 0 spiro atoms. The molecule has 0 aliphatic heterocycles. The fraction of sp³-hybridized carbons (Fsp3) is 0.357. The van der Waals surface area contributed by atoms with Crippen molar-refractivity contribution in [2.75, 3.05) is 0 Å². The fourth-order valence-corrected chi connectivity index (χ4v) is 1.50. The van der Waals surface area contributed by atoms with Gasteiger partial charge in [0.2, 0.25) is 0 Å². The lowest BCUT2D eigenvalue weighted by molar-refractivity contribution is -0.131. The Bertz CT molecular complexity index is 413. The minimum absolute atomic E-state index is 0.111. The van der Waals surface area contributed by atoms with Crippen LogP contribution >= 0.6 is 0 Å². The zero-order valence-electron chi connectivity index (χ0n) is 10.5. The van der Waals surface area contributed by atoms with E-state index in [1.165, 1.54) is 11.6 Å². The monoisotopic (exact) mass is 233 g/mol. The van der Waals surface area contributed by atoms with Crippen LogP contribution < -0.4 is 5.73 Å². The molecule has 3 N–H and O–H groups in total. The summed E-state index contributed by atoms with van der Waals surface area (Å²) in [6.07, 6.45) is 2.55. The van der Waals surface area contributed by atoms with Crippen LogP contribution in [0.15, 0.2) is 36.4 Å². The molecule has 0 bridgehead atoms. The topological polar surface area (TPSA) is 63.3 Å². The number of rotatable bonds is 3. The summed E-state index contributed by atoms with van der Waals surface area (Å²) in [6.45, 7) is 6.44. The van der Waals surface area contributed by atoms with E-state index in [2.05, 4.69) is 20.8 Å². The Kier molecular flexibility index (Phi) is 4.07. The number of nitrogens with two attached hydrogens (primary N) is 1. The molecule has 1 unspecified atom stereocenters. The predicted octanol–water partition coefficient (Wildman–Crippen LogP) is 2.62. The normalized spacial score (nSPS) is 13.9. The van der Waals surface area contributed by atoms with Gasteiger partial charge >= 0.3 is 5.97 Å². The van der Waals surface area contributed by atoms with Gasteiger partial charge in [0.25, 0.3) is 0 Å². The molecule has 0 radical (unpaired) electrons. The van der Waals surface area contributed by atoms with E-state index >= 15 is 0 Å². The average molecular weight is 233 g/mol. The standard InChI is InChI=1S/C14H19NO2/c1-14(2,3)11-6-4-10(5-7-11)12(15)8-9-13(16)17/h4-9,12H,15H2,1-3H3,(H,16,17)/b9-8+. The summed E-state index contributed by atoms with van der Waals surface area (Å²) >= 11 is 0. The molecule has 0 fully saturated rings. The van der Waals surface area contributed by atoms with Gasteiger partial charge in [-0.05, 0) is 16.5 Å². The first-order valence-corrected chi connectivity index (χ1v) is 5.58. The Morgan fingerprint density at radius 1 is 1.29 bits per heavy atom. The second kappa shape index (κ2) is 5.15. The maximum atomic E-state index is 10.4. The maximum absolute atomic E-state index is 10.4. The van der Waals surface area contributed by atoms with Gasteiger partial charge in [0.1, 0.15) is 0 Å². The van der Waals surface area contributed by atoms with Gasteiger partial charge in [-0.15, -0.1) is 0 Å². The maximum Gasteiger partial charge on any atom is 0.328 e. The Morgan fingerprint density at radius 3 is 2.24 bits per heavy atom. The molecule has 3 heteroatoms. The molecular weight excluding hydrogens is 214 g/mol. The first-order valence-electron chi connectivity index (χ1n) is 5.58. The Morgan fingerprint density at radius 2 is 1.82 bits per heavy atom. The summed E-state index contributed by atoms with van der Waals surface area (Å²) in [5, 5.41) is 8.52. The molecule has 0 saturated carbocycles. The van der Waals surface area contributed by atoms with E-state index in [0.29, 0.717) is 0 Å². The molecular formula is C14H19NO2. The minimum atomic E-state index is -0.980. The van der Waals surface area contributed by atoms with Crippen LogP contribution in [0, 0.1) is 0 Å². The van der Waals surface area contributed by atoms with Crippen LogP contribution in [-0.2, 0) is 10.2 Å². The highest BCUT2D eigenvalue weighted by Crippen LogP contribution is 2.23. The molecule has 0 aliphatic rings. The van der Waals surface area contributed by atoms with E-state index in [4.69, 9.17) is 10.8 Å². The lowest BCUT2D eigenvalue weighted by atomic mass is 9.86. The molecule has 3 nitrogen and oxygen atoms in total. The van der Waals surface area contributed by atoms with Gasteiger partial charge in [0.05, 0.1) is 0 Å². The van der Waals surface area contributed by atoms with Gasteiger partial charge in [-0.1, -0.05) is 51.1 Å². The van der Waals surface area contributed by atoms with E-state index in [1.54, 1.807) is 0 Å². The molecule has 1 aromatic carbocycles. The third-order valence-corrected chi connectivity index (χ3v) is 2.61. The van der Waals surface area contributed by atoms with E-state index in [-0.39, 0.29) is 11.5 Å². The van der Waals surface area contributed by atoms with Crippen molar-refractivity contribution >= 4 is 5.97 Å². The van der Waals surface area contributed by atoms with E-state index in [0.717, 1.165) is 11.6 Å². The molecule has 0 amide bonds. The zero-order chi connectivity index (χ0) is 13.1. The van der Waals surface area contributed by atoms with Crippen molar-refractivity contribution in [1.82, 2.24) is 0 Å². The Hall–Kier alpha value is -1.61. The molecule has 17 heavy (non-hydrogen) atoms. The predicted molar refractivity (Wildman–Crippen MR) is 68.8 cm³/mol. The fourth-order valence-electron chi connectivity index (χ4n) is 1.50. The van der Waals surface area contributed by atoms with Crippen LogP contribution in [0.4, 0.5) is 0 Å². The molecule has 0 heterocycles. The summed E-state index contributed by atoms with van der Waals surface area (Å²) in [5.74, 6) is -0.980. The number of carboxylic acid groups (broad SMARTS) is 1. The highest BCUT2D eigenvalue weighted by molar-refractivity contribution is 5.79. The minimum Gasteiger partial charge on any atom is -0.478 e. The molecule has 1 aromatic rings. The van der Waals surface area contributed by atoms with E-state index in [9.17, 15) is 4.79 Å². The van der Waals surface area contributed by atoms with E-state index < -0.39 is 5.97 Å². The smallest absolute Gasteiger partial charge is 0.328 e. The molecule has 1 rings (SSSR count). The van der Waals surface area contributed by atoms with Crippen LogP contribution in [0.5, 0.6) is 0 Å². The first-order chi connectivity index (χ1) is 7.80. The number of carbonyl (C=O) groups is 1. The second-order valence-corrected chi connectivity index (χ2v) is 5.10. The largest absolute Gasteiger partial charge is 0.478 e. The van der Waals surface area contributed by atoms with Crippen molar-refractivity contribution in [3.05, 3.63) is 47.5 Å². The van der Waals surface area contributed by atoms with Gasteiger partial charge in [0.15, 0.2) is 0 Å². The van der Waals surface area contributed by atoms with Crippen LogP contribution in [0.25, 0.3) is 0 Å². The quantitative estimate of drug-likeness (QED) is 0.789. The van der Waals surface area contributed by atoms with Gasteiger partial charge < -0.3 is 10.8 Å². The van der Waals surface area contributed by atoms with Gasteiger partial charge in [-0.25, -0.2) is 4.79 Å². The number of hydrogen-bond donors (Lipinski definition) is 2. The van der Waals surface area contributed by atoms with Crippen molar-refractivity contribution in [2.45, 2.75) is 32.2 Å². The summed E-state index contributed by atoms with van der Waals surface area (Å²) in [7, 11) is 0. The summed E-state index contributed by atoms with van der Waals surface area (Å²) in [5.41, 5.74) is 8.11. The highest BCUT2D eigenvalue weighted by Gasteiger charge is 2.13. The van der Waals surface area contributed by atoms with E-state index in [1.807, 2.05) is 24.3 Å². The zero-order valence-corrected chi connectivity index (χ0v) is 10.5. The number of benzene rings is 1. The summed E-state index contributed by atoms with van der Waals surface area (Å²) < 4.78 is 0. The third-order valence-electron chi connectivity index (χ3n) is 2.61. The van der Waals surface area contributed by atoms with Crippen molar-refractivity contribution in [2.24, 2.45) is 5.73 Å². The Balaban J connectivity index is 2.84. The molecule has 0 aromatic heterocycles. The van der Waals surface area contributed by atoms with Crippen LogP contribution in [0.2, 0.25) is 0 Å². The number of aliphatic carboxylic acids is 1. The average Bonchev–Trinajstić information content (AvgIpc) is 2.25. The summed E-state index contributed by atoms with van der Waals surface area (Å²) in [6, 6.07) is 7.57. The second-order valence-electron chi connectivity index (χ2n) is 5.10. The lowest BCUT2D eigenvalue weighted by Gasteiger charge is -2.19. The van der Waals surface area contributed by atoms with Gasteiger partial charge in [0, 0.05) is 12.1 Å². The van der Waals surface area contributed by atoms with Crippen LogP contribution in [-0.4, -0.2) is 11.1 Å². The van der Waals surface area contributed by atoms with Gasteiger partial charge in [-0.3, -0.25) is 0 Å². The molecule has 92 valence electrons. The van der Waals surface area contributed by atoms with Crippen LogP contribution in [0.3, 0.4) is 0 Å². The van der Waals surface area contributed by atoms with Crippen LogP contribution in [0.1, 0.15) is 37.9 Å². The molecule has 1 atom stereocenters. The molecule has 0 saturated heterocycles.